The molecule has 192 valence electrons. The second-order valence-electron chi connectivity index (χ2n) is 10.4. The van der Waals surface area contributed by atoms with Gasteiger partial charge in [0, 0.05) is 45.4 Å². The van der Waals surface area contributed by atoms with Crippen molar-refractivity contribution in [3.05, 3.63) is 108 Å². The second-order valence-corrected chi connectivity index (χ2v) is 10.8. The van der Waals surface area contributed by atoms with E-state index in [-0.39, 0.29) is 17.2 Å². The number of hydrazine groups is 1. The van der Waals surface area contributed by atoms with Crippen LogP contribution in [0, 0.1) is 0 Å². The van der Waals surface area contributed by atoms with Gasteiger partial charge in [-0.25, -0.2) is 0 Å². The summed E-state index contributed by atoms with van der Waals surface area (Å²) >= 11 is 6.03. The number of hydrogen-bond acceptors (Lipinski definition) is 2. The van der Waals surface area contributed by atoms with Crippen molar-refractivity contribution in [2.75, 3.05) is 5.88 Å². The molecule has 1 heterocycles. The molecule has 2 N–H and O–H groups in total. The maximum atomic E-state index is 12.9. The number of halogens is 1. The molecule has 0 atom stereocenters. The molecule has 0 aliphatic heterocycles. The number of rotatable bonds is 5. The van der Waals surface area contributed by atoms with E-state index in [0.717, 1.165) is 32.9 Å². The van der Waals surface area contributed by atoms with Crippen LogP contribution in [-0.4, -0.2) is 22.3 Å². The zero-order valence-electron chi connectivity index (χ0n) is 21.7. The molecule has 0 radical (unpaired) electrons. The maximum Gasteiger partial charge on any atom is 0.269 e. The molecule has 0 spiro atoms. The van der Waals surface area contributed by atoms with E-state index in [1.807, 2.05) is 48.5 Å². The number of fused-ring (bicyclic) bond motifs is 3. The number of carbonyl (C=O) groups is 2. The normalized spacial score (nSPS) is 11.6. The predicted molar refractivity (Wildman–Crippen MR) is 156 cm³/mol. The van der Waals surface area contributed by atoms with Gasteiger partial charge in [0.2, 0.25) is 0 Å². The molecule has 5 nitrogen and oxygen atoms in total. The van der Waals surface area contributed by atoms with Crippen LogP contribution in [0.5, 0.6) is 0 Å². The van der Waals surface area contributed by atoms with Gasteiger partial charge in [-0.05, 0) is 58.5 Å². The highest BCUT2D eigenvalue weighted by Gasteiger charge is 2.15. The number of aryl methyl sites for hydroxylation is 1. The summed E-state index contributed by atoms with van der Waals surface area (Å²) in [4.78, 5) is 25.6. The monoisotopic (exact) mass is 523 g/mol. The lowest BCUT2D eigenvalue weighted by Gasteiger charge is -2.19. The van der Waals surface area contributed by atoms with E-state index in [2.05, 4.69) is 60.5 Å². The molecule has 0 aliphatic rings. The van der Waals surface area contributed by atoms with Gasteiger partial charge in [0.25, 0.3) is 11.8 Å². The third-order valence-corrected chi connectivity index (χ3v) is 7.03. The van der Waals surface area contributed by atoms with Crippen LogP contribution in [0.2, 0.25) is 0 Å². The number of benzene rings is 4. The van der Waals surface area contributed by atoms with Gasteiger partial charge in [-0.2, -0.15) is 0 Å². The van der Waals surface area contributed by atoms with Gasteiger partial charge >= 0.3 is 0 Å². The first-order valence-electron chi connectivity index (χ1n) is 12.6. The Bertz CT molecular complexity index is 1630. The van der Waals surface area contributed by atoms with Crippen molar-refractivity contribution in [2.45, 2.75) is 32.7 Å². The van der Waals surface area contributed by atoms with Crippen molar-refractivity contribution in [2.24, 2.45) is 0 Å². The summed E-state index contributed by atoms with van der Waals surface area (Å²) in [6, 6.07) is 29.4. The van der Waals surface area contributed by atoms with Crippen LogP contribution in [0.4, 0.5) is 0 Å². The number of para-hydroxylation sites is 1. The van der Waals surface area contributed by atoms with Crippen LogP contribution in [0.15, 0.2) is 91.0 Å². The van der Waals surface area contributed by atoms with Gasteiger partial charge < -0.3 is 4.57 Å². The Hall–Kier alpha value is -4.09. The zero-order valence-corrected chi connectivity index (χ0v) is 22.5. The molecule has 5 aromatic rings. The number of alkyl halides is 1. The molecular weight excluding hydrogens is 494 g/mol. The molecule has 2 amide bonds. The largest absolute Gasteiger partial charge is 0.339 e. The Morgan fingerprint density at radius 3 is 1.89 bits per heavy atom. The van der Waals surface area contributed by atoms with Crippen LogP contribution in [-0.2, 0) is 12.0 Å². The summed E-state index contributed by atoms with van der Waals surface area (Å²) in [5.41, 5.74) is 11.5. The minimum atomic E-state index is -0.384. The highest BCUT2D eigenvalue weighted by atomic mass is 35.5. The number of carbonyl (C=O) groups excluding carboxylic acids is 2. The molecule has 0 fully saturated rings. The summed E-state index contributed by atoms with van der Waals surface area (Å²) in [7, 11) is 0. The summed E-state index contributed by atoms with van der Waals surface area (Å²) in [5.74, 6) is -0.273. The predicted octanol–water partition coefficient (Wildman–Crippen LogP) is 7.07. The molecule has 0 aliphatic carbocycles. The molecule has 0 saturated carbocycles. The fourth-order valence-corrected chi connectivity index (χ4v) is 4.92. The van der Waals surface area contributed by atoms with Crippen LogP contribution in [0.3, 0.4) is 0 Å². The molecule has 38 heavy (non-hydrogen) atoms. The Balaban J connectivity index is 1.28. The van der Waals surface area contributed by atoms with Crippen LogP contribution < -0.4 is 10.9 Å². The first-order valence-corrected chi connectivity index (χ1v) is 13.2. The molecule has 0 bridgehead atoms. The minimum Gasteiger partial charge on any atom is -0.339 e. The van der Waals surface area contributed by atoms with Crippen molar-refractivity contribution >= 4 is 45.2 Å². The highest BCUT2D eigenvalue weighted by molar-refractivity contribution is 6.18. The van der Waals surface area contributed by atoms with Crippen molar-refractivity contribution in [3.8, 4) is 11.1 Å². The lowest BCUT2D eigenvalue weighted by atomic mass is 9.86. The molecule has 0 unspecified atom stereocenters. The van der Waals surface area contributed by atoms with Crippen LogP contribution in [0.1, 0.15) is 47.1 Å². The number of hydrogen-bond donors (Lipinski definition) is 2. The number of amides is 2. The Labute approximate surface area is 227 Å². The standard InChI is InChI=1S/C32H30ClN3O2/c1-32(2,3)25-15-12-22(13-16-25)21-8-10-23(11-9-21)30(37)34-35-31(38)24-14-17-29-27(20-24)26-6-4-5-7-28(26)36(29)19-18-33/h4-17,20H,18-19H2,1-3H3,(H,34,37)(H,35,38). The summed E-state index contributed by atoms with van der Waals surface area (Å²) in [6.07, 6.45) is 0. The third kappa shape index (κ3) is 5.02. The number of nitrogens with one attached hydrogen (secondary N) is 2. The SMILES string of the molecule is CC(C)(C)c1ccc(-c2ccc(C(=O)NNC(=O)c3ccc4c(c3)c3ccccc3n4CCCl)cc2)cc1. The van der Waals surface area contributed by atoms with Gasteiger partial charge in [0.05, 0.1) is 0 Å². The fourth-order valence-electron chi connectivity index (χ4n) is 4.75. The lowest BCUT2D eigenvalue weighted by Crippen LogP contribution is -2.41. The van der Waals surface area contributed by atoms with E-state index in [1.54, 1.807) is 18.2 Å². The van der Waals surface area contributed by atoms with Gasteiger partial charge in [0.1, 0.15) is 0 Å². The van der Waals surface area contributed by atoms with E-state index >= 15 is 0 Å². The van der Waals surface area contributed by atoms with Crippen molar-refractivity contribution in [3.63, 3.8) is 0 Å². The van der Waals surface area contributed by atoms with Crippen molar-refractivity contribution in [1.82, 2.24) is 15.4 Å². The average Bonchev–Trinajstić information content (AvgIpc) is 3.24. The van der Waals surface area contributed by atoms with Crippen LogP contribution in [0.25, 0.3) is 32.9 Å². The van der Waals surface area contributed by atoms with Crippen molar-refractivity contribution < 1.29 is 9.59 Å². The quantitative estimate of drug-likeness (QED) is 0.191. The minimum absolute atomic E-state index is 0.0970. The molecule has 5 rings (SSSR count). The first-order chi connectivity index (χ1) is 18.3. The Kier molecular flexibility index (Phi) is 6.96. The highest BCUT2D eigenvalue weighted by Crippen LogP contribution is 2.30. The topological polar surface area (TPSA) is 63.1 Å². The second kappa shape index (κ2) is 10.3. The summed E-state index contributed by atoms with van der Waals surface area (Å²) in [6.45, 7) is 7.24. The number of nitrogens with zero attached hydrogens (tertiary/aromatic N) is 1. The maximum absolute atomic E-state index is 12.9. The van der Waals surface area contributed by atoms with Gasteiger partial charge in [0.15, 0.2) is 0 Å². The molecule has 1 aromatic heterocycles. The fraction of sp³-hybridized carbons (Fsp3) is 0.188. The summed E-state index contributed by atoms with van der Waals surface area (Å²) < 4.78 is 2.16. The first kappa shape index (κ1) is 25.6. The van der Waals surface area contributed by atoms with Crippen molar-refractivity contribution in [1.29, 1.82) is 0 Å². The summed E-state index contributed by atoms with van der Waals surface area (Å²) in [5, 5.41) is 2.02. The Morgan fingerprint density at radius 2 is 1.26 bits per heavy atom. The van der Waals surface area contributed by atoms with Gasteiger partial charge in [-0.1, -0.05) is 75.4 Å². The Morgan fingerprint density at radius 1 is 0.711 bits per heavy atom. The van der Waals surface area contributed by atoms with E-state index in [9.17, 15) is 9.59 Å². The van der Waals surface area contributed by atoms with E-state index < -0.39 is 0 Å². The molecule has 6 heteroatoms. The van der Waals surface area contributed by atoms with E-state index in [0.29, 0.717) is 23.6 Å². The lowest BCUT2D eigenvalue weighted by molar-refractivity contribution is 0.0847. The van der Waals surface area contributed by atoms with Crippen LogP contribution >= 0.6 is 11.6 Å². The van der Waals surface area contributed by atoms with Gasteiger partial charge in [-0.3, -0.25) is 20.4 Å². The zero-order chi connectivity index (χ0) is 26.9. The molecule has 4 aromatic carbocycles. The average molecular weight is 524 g/mol. The van der Waals surface area contributed by atoms with E-state index in [4.69, 9.17) is 11.6 Å². The third-order valence-electron chi connectivity index (χ3n) is 6.86. The van der Waals surface area contributed by atoms with E-state index in [1.165, 1.54) is 5.56 Å². The smallest absolute Gasteiger partial charge is 0.269 e. The van der Waals surface area contributed by atoms with Gasteiger partial charge in [-0.15, -0.1) is 11.6 Å². The molecular formula is C32H30ClN3O2. The number of aromatic nitrogens is 1. The molecule has 0 saturated heterocycles.